The van der Waals surface area contributed by atoms with Crippen LogP contribution in [0.3, 0.4) is 0 Å². The van der Waals surface area contributed by atoms with Crippen molar-refractivity contribution < 1.29 is 9.90 Å². The highest BCUT2D eigenvalue weighted by Crippen LogP contribution is 2.39. The van der Waals surface area contributed by atoms with E-state index in [4.69, 9.17) is 0 Å². The molecule has 0 aliphatic carbocycles. The predicted octanol–water partition coefficient (Wildman–Crippen LogP) is 3.11. The number of carbonyl (C=O) groups excluding carboxylic acids is 1. The van der Waals surface area contributed by atoms with Crippen LogP contribution in [0.25, 0.3) is 0 Å². The molecule has 0 aromatic heterocycles. The number of rotatable bonds is 4. The molecule has 1 heterocycles. The van der Waals surface area contributed by atoms with Crippen molar-refractivity contribution in [2.75, 3.05) is 0 Å². The smallest absolute Gasteiger partial charge is 0.223 e. The van der Waals surface area contributed by atoms with Gasteiger partial charge >= 0.3 is 0 Å². The second-order valence-corrected chi connectivity index (χ2v) is 6.87. The first-order valence-electron chi connectivity index (χ1n) is 7.22. The van der Waals surface area contributed by atoms with Crippen molar-refractivity contribution in [2.45, 2.75) is 90.3 Å². The zero-order valence-electron chi connectivity index (χ0n) is 12.6. The van der Waals surface area contributed by atoms with Crippen molar-refractivity contribution in [1.29, 1.82) is 0 Å². The summed E-state index contributed by atoms with van der Waals surface area (Å²) in [6.07, 6.45) is 4.92. The van der Waals surface area contributed by atoms with E-state index in [1.807, 2.05) is 4.90 Å². The molecule has 1 aliphatic rings. The molecule has 0 aromatic rings. The number of nitrogens with zero attached hydrogens (tertiary/aromatic N) is 1. The molecular formula is C15H29NO2. The van der Waals surface area contributed by atoms with Crippen LogP contribution in [0.4, 0.5) is 0 Å². The van der Waals surface area contributed by atoms with Crippen LogP contribution in [0.15, 0.2) is 0 Å². The third-order valence-corrected chi connectivity index (χ3v) is 3.92. The molecule has 1 fully saturated rings. The van der Waals surface area contributed by atoms with Crippen molar-refractivity contribution in [3.05, 3.63) is 0 Å². The van der Waals surface area contributed by atoms with Crippen LogP contribution in [0, 0.1) is 0 Å². The molecule has 3 heteroatoms. The maximum absolute atomic E-state index is 12.5. The lowest BCUT2D eigenvalue weighted by Crippen LogP contribution is -2.63. The Morgan fingerprint density at radius 3 is 2.11 bits per heavy atom. The van der Waals surface area contributed by atoms with Gasteiger partial charge in [-0.25, -0.2) is 0 Å². The largest absolute Gasteiger partial charge is 0.393 e. The number of piperidine rings is 1. The van der Waals surface area contributed by atoms with Gasteiger partial charge in [0.1, 0.15) is 0 Å². The highest BCUT2D eigenvalue weighted by atomic mass is 16.3. The zero-order chi connectivity index (χ0) is 14.0. The number of hydrogen-bond donors (Lipinski definition) is 1. The SMILES string of the molecule is CCCCCC(=O)N1C(C)(C)CC(O)CC1(C)C. The fourth-order valence-electron chi connectivity index (χ4n) is 3.54. The van der Waals surface area contributed by atoms with Gasteiger partial charge in [-0.2, -0.15) is 0 Å². The van der Waals surface area contributed by atoms with Crippen LogP contribution in [0.2, 0.25) is 0 Å². The Bertz CT molecular complexity index is 279. The van der Waals surface area contributed by atoms with Gasteiger partial charge in [-0.05, 0) is 47.0 Å². The fourth-order valence-corrected chi connectivity index (χ4v) is 3.54. The first-order chi connectivity index (χ1) is 8.20. The molecule has 106 valence electrons. The summed E-state index contributed by atoms with van der Waals surface area (Å²) in [7, 11) is 0. The van der Waals surface area contributed by atoms with Gasteiger partial charge in [-0.15, -0.1) is 0 Å². The Hall–Kier alpha value is -0.570. The van der Waals surface area contributed by atoms with Gasteiger partial charge in [0.05, 0.1) is 6.10 Å². The highest BCUT2D eigenvalue weighted by Gasteiger charge is 2.46. The molecule has 0 aromatic carbocycles. The lowest BCUT2D eigenvalue weighted by atomic mass is 9.78. The molecule has 1 saturated heterocycles. The minimum absolute atomic E-state index is 0.241. The molecule has 0 bridgehead atoms. The van der Waals surface area contributed by atoms with Crippen LogP contribution < -0.4 is 0 Å². The minimum atomic E-state index is -0.297. The molecular weight excluding hydrogens is 226 g/mol. The summed E-state index contributed by atoms with van der Waals surface area (Å²) in [6, 6.07) is 0. The summed E-state index contributed by atoms with van der Waals surface area (Å²) in [5.74, 6) is 0.241. The van der Waals surface area contributed by atoms with E-state index in [2.05, 4.69) is 34.6 Å². The third kappa shape index (κ3) is 3.47. The maximum Gasteiger partial charge on any atom is 0.223 e. The lowest BCUT2D eigenvalue weighted by molar-refractivity contribution is -0.155. The average Bonchev–Trinajstić information content (AvgIpc) is 2.12. The zero-order valence-corrected chi connectivity index (χ0v) is 12.6. The Morgan fingerprint density at radius 1 is 1.17 bits per heavy atom. The van der Waals surface area contributed by atoms with Crippen LogP contribution >= 0.6 is 0 Å². The molecule has 1 N–H and O–H groups in total. The summed E-state index contributed by atoms with van der Waals surface area (Å²) in [4.78, 5) is 14.5. The predicted molar refractivity (Wildman–Crippen MR) is 74.4 cm³/mol. The van der Waals surface area contributed by atoms with Crippen molar-refractivity contribution in [1.82, 2.24) is 4.90 Å². The monoisotopic (exact) mass is 255 g/mol. The van der Waals surface area contributed by atoms with Crippen LogP contribution in [0.5, 0.6) is 0 Å². The summed E-state index contributed by atoms with van der Waals surface area (Å²) >= 11 is 0. The van der Waals surface area contributed by atoms with Gasteiger partial charge in [0.25, 0.3) is 0 Å². The number of aliphatic hydroxyl groups excluding tert-OH is 1. The third-order valence-electron chi connectivity index (χ3n) is 3.92. The maximum atomic E-state index is 12.5. The quantitative estimate of drug-likeness (QED) is 0.784. The van der Waals surface area contributed by atoms with Crippen molar-refractivity contribution in [3.63, 3.8) is 0 Å². The summed E-state index contributed by atoms with van der Waals surface area (Å²) in [5.41, 5.74) is -0.491. The van der Waals surface area contributed by atoms with E-state index in [0.29, 0.717) is 19.3 Å². The lowest BCUT2D eigenvalue weighted by Gasteiger charge is -2.54. The van der Waals surface area contributed by atoms with Gasteiger partial charge in [0, 0.05) is 17.5 Å². The number of unbranched alkanes of at least 4 members (excludes halogenated alkanes) is 2. The second kappa shape index (κ2) is 5.60. The average molecular weight is 255 g/mol. The number of likely N-dealkylation sites (tertiary alicyclic amines) is 1. The van der Waals surface area contributed by atoms with Crippen molar-refractivity contribution >= 4 is 5.91 Å². The van der Waals surface area contributed by atoms with E-state index in [9.17, 15) is 9.90 Å². The fraction of sp³-hybridized carbons (Fsp3) is 0.933. The minimum Gasteiger partial charge on any atom is -0.393 e. The Kier molecular flexibility index (Phi) is 4.82. The van der Waals surface area contributed by atoms with Gasteiger partial charge in [-0.1, -0.05) is 19.8 Å². The first kappa shape index (κ1) is 15.5. The van der Waals surface area contributed by atoms with Crippen LogP contribution in [0.1, 0.15) is 73.1 Å². The van der Waals surface area contributed by atoms with Gasteiger partial charge in [0.15, 0.2) is 0 Å². The molecule has 0 unspecified atom stereocenters. The molecule has 3 nitrogen and oxygen atoms in total. The number of hydrogen-bond acceptors (Lipinski definition) is 2. The Labute approximate surface area is 112 Å². The second-order valence-electron chi connectivity index (χ2n) is 6.87. The van der Waals surface area contributed by atoms with E-state index in [1.165, 1.54) is 0 Å². The topological polar surface area (TPSA) is 40.5 Å². The Balaban J connectivity index is 2.79. The standard InChI is InChI=1S/C15H29NO2/c1-6-7-8-9-13(18)16-14(2,3)10-12(17)11-15(16,4)5/h12,17H,6-11H2,1-5H3. The van der Waals surface area contributed by atoms with Gasteiger partial charge in [0.2, 0.25) is 5.91 Å². The van der Waals surface area contributed by atoms with E-state index in [1.54, 1.807) is 0 Å². The normalized spacial score (nSPS) is 23.1. The van der Waals surface area contributed by atoms with E-state index in [-0.39, 0.29) is 23.1 Å². The van der Waals surface area contributed by atoms with E-state index in [0.717, 1.165) is 19.3 Å². The van der Waals surface area contributed by atoms with Gasteiger partial charge < -0.3 is 10.0 Å². The molecule has 0 radical (unpaired) electrons. The van der Waals surface area contributed by atoms with Crippen LogP contribution in [-0.2, 0) is 4.79 Å². The summed E-state index contributed by atoms with van der Waals surface area (Å²) in [5, 5.41) is 9.96. The summed E-state index contributed by atoms with van der Waals surface area (Å²) < 4.78 is 0. The summed E-state index contributed by atoms with van der Waals surface area (Å²) in [6.45, 7) is 10.4. The molecule has 18 heavy (non-hydrogen) atoms. The highest BCUT2D eigenvalue weighted by molar-refractivity contribution is 5.78. The molecule has 0 atom stereocenters. The van der Waals surface area contributed by atoms with Crippen molar-refractivity contribution in [2.24, 2.45) is 0 Å². The number of amides is 1. The van der Waals surface area contributed by atoms with Crippen LogP contribution in [-0.4, -0.2) is 33.1 Å². The van der Waals surface area contributed by atoms with Crippen molar-refractivity contribution in [3.8, 4) is 0 Å². The molecule has 1 aliphatic heterocycles. The molecule has 1 amide bonds. The van der Waals surface area contributed by atoms with E-state index < -0.39 is 0 Å². The number of carbonyl (C=O) groups is 1. The molecule has 0 spiro atoms. The molecule has 0 saturated carbocycles. The van der Waals surface area contributed by atoms with E-state index >= 15 is 0 Å². The van der Waals surface area contributed by atoms with Gasteiger partial charge in [-0.3, -0.25) is 4.79 Å². The molecule has 1 rings (SSSR count). The Morgan fingerprint density at radius 2 is 1.67 bits per heavy atom. The first-order valence-corrected chi connectivity index (χ1v) is 7.22. The number of aliphatic hydroxyl groups is 1.